The molecule has 174 valence electrons. The number of rotatable bonds is 8. The number of para-hydroxylation sites is 1. The molecule has 0 saturated carbocycles. The highest BCUT2D eigenvalue weighted by molar-refractivity contribution is 6.33. The van der Waals surface area contributed by atoms with Gasteiger partial charge in [0.05, 0.1) is 41.3 Å². The topological polar surface area (TPSA) is 108 Å². The first-order valence-corrected chi connectivity index (χ1v) is 11.7. The third kappa shape index (κ3) is 3.49. The van der Waals surface area contributed by atoms with Gasteiger partial charge in [-0.3, -0.25) is 14.4 Å². The van der Waals surface area contributed by atoms with E-state index >= 15 is 0 Å². The number of benzene rings is 1. The summed E-state index contributed by atoms with van der Waals surface area (Å²) in [6, 6.07) is 5.37. The van der Waals surface area contributed by atoms with Crippen molar-refractivity contribution in [1.29, 1.82) is 0 Å². The maximum Gasteiger partial charge on any atom is 0.250 e. The highest BCUT2D eigenvalue weighted by Crippen LogP contribution is 2.59. The lowest BCUT2D eigenvalue weighted by Gasteiger charge is -2.36. The number of carbonyl (C=O) groups excluding carboxylic acids is 3. The van der Waals surface area contributed by atoms with Crippen molar-refractivity contribution in [2.45, 2.75) is 63.3 Å². The molecule has 1 spiro atoms. The van der Waals surface area contributed by atoms with Gasteiger partial charge in [0.1, 0.15) is 11.6 Å². The van der Waals surface area contributed by atoms with Gasteiger partial charge >= 0.3 is 0 Å². The van der Waals surface area contributed by atoms with Gasteiger partial charge in [-0.25, -0.2) is 0 Å². The van der Waals surface area contributed by atoms with E-state index in [-0.39, 0.29) is 18.4 Å². The Morgan fingerprint density at radius 2 is 2.06 bits per heavy atom. The predicted molar refractivity (Wildman–Crippen MR) is 119 cm³/mol. The van der Waals surface area contributed by atoms with E-state index in [1.165, 1.54) is 4.90 Å². The van der Waals surface area contributed by atoms with Crippen molar-refractivity contribution in [2.24, 2.45) is 11.8 Å². The second-order valence-corrected chi connectivity index (χ2v) is 9.21. The fraction of sp³-hybridized carbons (Fsp3) is 0.609. The molecule has 4 rings (SSSR count). The summed E-state index contributed by atoms with van der Waals surface area (Å²) < 4.78 is 6.34. The van der Waals surface area contributed by atoms with Crippen LogP contribution in [0.3, 0.4) is 0 Å². The zero-order valence-electron chi connectivity index (χ0n) is 18.3. The number of amides is 3. The predicted octanol–water partition coefficient (Wildman–Crippen LogP) is 1.95. The minimum atomic E-state index is -1.09. The van der Waals surface area contributed by atoms with Crippen LogP contribution in [0, 0.1) is 11.8 Å². The van der Waals surface area contributed by atoms with Crippen molar-refractivity contribution < 1.29 is 24.2 Å². The van der Waals surface area contributed by atoms with E-state index in [0.29, 0.717) is 36.5 Å². The molecular weight excluding hydrogens is 434 g/mol. The molecular formula is C23H30ClN3O5. The van der Waals surface area contributed by atoms with Gasteiger partial charge in [0.25, 0.3) is 0 Å². The van der Waals surface area contributed by atoms with Crippen molar-refractivity contribution in [1.82, 2.24) is 10.2 Å². The smallest absolute Gasteiger partial charge is 0.250 e. The van der Waals surface area contributed by atoms with E-state index in [2.05, 4.69) is 10.6 Å². The number of aliphatic hydroxyl groups is 1. The normalized spacial score (nSPS) is 31.5. The van der Waals surface area contributed by atoms with Gasteiger partial charge < -0.3 is 25.4 Å². The lowest BCUT2D eigenvalue weighted by atomic mass is 9.70. The minimum Gasteiger partial charge on any atom is -0.394 e. The van der Waals surface area contributed by atoms with Gasteiger partial charge in [-0.2, -0.15) is 0 Å². The summed E-state index contributed by atoms with van der Waals surface area (Å²) in [5.74, 6) is -2.32. The number of likely N-dealkylation sites (tertiary alicyclic amines) is 1. The summed E-state index contributed by atoms with van der Waals surface area (Å²) in [5.41, 5.74) is -0.655. The molecule has 3 aliphatic rings. The molecule has 8 nitrogen and oxygen atoms in total. The van der Waals surface area contributed by atoms with Crippen molar-refractivity contribution in [3.63, 3.8) is 0 Å². The number of nitrogens with zero attached hydrogens (tertiary/aromatic N) is 1. The standard InChI is InChI=1S/C23H30ClN3O5/c1-3-11-25-20(29)17-16-9-10-23(32-16)18(17)22(31)27(13(4-2)12-28)19(23)21(30)26-15-8-6-5-7-14(15)24/h5-8,13,16-19,28H,3-4,9-12H2,1-2H3,(H,25,29)(H,26,30)/t13-,16+,17-,18-,19?,23?/m0/s1. The average Bonchev–Trinajstić information content (AvgIpc) is 3.42. The Kier molecular flexibility index (Phi) is 6.47. The third-order valence-electron chi connectivity index (χ3n) is 7.05. The van der Waals surface area contributed by atoms with Gasteiger partial charge in [0.15, 0.2) is 0 Å². The lowest BCUT2D eigenvalue weighted by Crippen LogP contribution is -2.56. The fourth-order valence-electron chi connectivity index (χ4n) is 5.63. The molecule has 9 heteroatoms. The molecule has 0 aromatic heterocycles. The van der Waals surface area contributed by atoms with Crippen LogP contribution in [0.25, 0.3) is 0 Å². The summed E-state index contributed by atoms with van der Waals surface area (Å²) in [6.07, 6.45) is 1.97. The summed E-state index contributed by atoms with van der Waals surface area (Å²) in [5, 5.41) is 16.1. The number of hydrogen-bond acceptors (Lipinski definition) is 5. The molecule has 3 amide bonds. The second-order valence-electron chi connectivity index (χ2n) is 8.81. The van der Waals surface area contributed by atoms with Crippen LogP contribution in [0.4, 0.5) is 5.69 Å². The highest BCUT2D eigenvalue weighted by atomic mass is 35.5. The molecule has 6 atom stereocenters. The number of aliphatic hydroxyl groups excluding tert-OH is 1. The van der Waals surface area contributed by atoms with Crippen LogP contribution in [0.1, 0.15) is 39.5 Å². The Morgan fingerprint density at radius 1 is 1.31 bits per heavy atom. The molecule has 2 bridgehead atoms. The Labute approximate surface area is 192 Å². The molecule has 0 radical (unpaired) electrons. The van der Waals surface area contributed by atoms with E-state index in [1.54, 1.807) is 24.3 Å². The molecule has 1 aromatic carbocycles. The second kappa shape index (κ2) is 9.00. The number of hydrogen-bond donors (Lipinski definition) is 3. The fourth-order valence-corrected chi connectivity index (χ4v) is 5.81. The first-order valence-electron chi connectivity index (χ1n) is 11.3. The zero-order valence-corrected chi connectivity index (χ0v) is 19.1. The van der Waals surface area contributed by atoms with Crippen LogP contribution in [0.5, 0.6) is 0 Å². The zero-order chi connectivity index (χ0) is 23.0. The Bertz CT molecular complexity index is 907. The molecule has 3 fully saturated rings. The molecule has 3 aliphatic heterocycles. The van der Waals surface area contributed by atoms with Crippen LogP contribution in [0.15, 0.2) is 24.3 Å². The van der Waals surface area contributed by atoms with E-state index in [0.717, 1.165) is 6.42 Å². The molecule has 3 N–H and O–H groups in total. The number of fused-ring (bicyclic) bond motifs is 1. The van der Waals surface area contributed by atoms with Crippen molar-refractivity contribution in [2.75, 3.05) is 18.5 Å². The minimum absolute atomic E-state index is 0.207. The van der Waals surface area contributed by atoms with E-state index in [4.69, 9.17) is 16.3 Å². The Hall–Kier alpha value is -2.16. The first-order chi connectivity index (χ1) is 15.4. The quantitative estimate of drug-likeness (QED) is 0.546. The van der Waals surface area contributed by atoms with Gasteiger partial charge in [0.2, 0.25) is 17.7 Å². The van der Waals surface area contributed by atoms with Crippen molar-refractivity contribution >= 4 is 35.0 Å². The summed E-state index contributed by atoms with van der Waals surface area (Å²) in [7, 11) is 0. The van der Waals surface area contributed by atoms with E-state index < -0.39 is 41.5 Å². The Balaban J connectivity index is 1.72. The van der Waals surface area contributed by atoms with Crippen LogP contribution in [-0.4, -0.2) is 64.7 Å². The summed E-state index contributed by atoms with van der Waals surface area (Å²) in [4.78, 5) is 41.7. The largest absolute Gasteiger partial charge is 0.394 e. The van der Waals surface area contributed by atoms with Crippen LogP contribution >= 0.6 is 11.6 Å². The molecule has 32 heavy (non-hydrogen) atoms. The lowest BCUT2D eigenvalue weighted by molar-refractivity contribution is -0.144. The Morgan fingerprint density at radius 3 is 2.72 bits per heavy atom. The monoisotopic (exact) mass is 463 g/mol. The number of halogens is 1. The molecule has 1 aromatic rings. The maximum atomic E-state index is 13.7. The summed E-state index contributed by atoms with van der Waals surface area (Å²) >= 11 is 6.24. The summed E-state index contributed by atoms with van der Waals surface area (Å²) in [6.45, 7) is 4.05. The third-order valence-corrected chi connectivity index (χ3v) is 7.38. The number of nitrogens with one attached hydrogen (secondary N) is 2. The SMILES string of the molecule is CCCNC(=O)[C@@H]1[C@H]2C(=O)N([C@@H](CC)CO)C(C(=O)Nc3ccccc3Cl)C23CC[C@H]1O3. The highest BCUT2D eigenvalue weighted by Gasteiger charge is 2.74. The van der Waals surface area contributed by atoms with Crippen molar-refractivity contribution in [3.05, 3.63) is 29.3 Å². The molecule has 2 unspecified atom stereocenters. The van der Waals surface area contributed by atoms with Crippen LogP contribution in [0.2, 0.25) is 5.02 Å². The van der Waals surface area contributed by atoms with E-state index in [9.17, 15) is 19.5 Å². The molecule has 0 aliphatic carbocycles. The van der Waals surface area contributed by atoms with Crippen LogP contribution < -0.4 is 10.6 Å². The van der Waals surface area contributed by atoms with Gasteiger partial charge in [-0.05, 0) is 37.8 Å². The number of anilines is 1. The first kappa shape index (κ1) is 23.0. The van der Waals surface area contributed by atoms with Crippen LogP contribution in [-0.2, 0) is 19.1 Å². The maximum absolute atomic E-state index is 13.7. The van der Waals surface area contributed by atoms with Crippen molar-refractivity contribution in [3.8, 4) is 0 Å². The van der Waals surface area contributed by atoms with Gasteiger partial charge in [-0.15, -0.1) is 0 Å². The number of ether oxygens (including phenoxy) is 1. The molecule has 3 heterocycles. The van der Waals surface area contributed by atoms with Gasteiger partial charge in [0, 0.05) is 6.54 Å². The van der Waals surface area contributed by atoms with Gasteiger partial charge in [-0.1, -0.05) is 37.6 Å². The van der Waals surface area contributed by atoms with E-state index in [1.807, 2.05) is 13.8 Å². The number of carbonyl (C=O) groups is 3. The average molecular weight is 464 g/mol. The molecule has 3 saturated heterocycles.